The summed E-state index contributed by atoms with van der Waals surface area (Å²) >= 11 is 0. The maximum absolute atomic E-state index is 11.2. The number of primary amides is 1. The number of hydrogen-bond donors (Lipinski definition) is 2. The number of nitrogens with zero attached hydrogens (tertiary/aromatic N) is 1. The second-order valence-electron chi connectivity index (χ2n) is 4.65. The zero-order valence-electron chi connectivity index (χ0n) is 10.9. The highest BCUT2D eigenvalue weighted by Gasteiger charge is 2.08. The molecule has 0 spiro atoms. The number of rotatable bonds is 3. The number of hydrogen-bond acceptors (Lipinski definition) is 3. The van der Waals surface area contributed by atoms with Gasteiger partial charge in [-0.15, -0.1) is 0 Å². The second-order valence-corrected chi connectivity index (χ2v) is 4.65. The summed E-state index contributed by atoms with van der Waals surface area (Å²) in [5.41, 5.74) is 8.17. The summed E-state index contributed by atoms with van der Waals surface area (Å²) in [5.74, 6) is -0.483. The van der Waals surface area contributed by atoms with Crippen molar-refractivity contribution < 1.29 is 9.72 Å². The number of aromatic amines is 1. The third-order valence-corrected chi connectivity index (χ3v) is 3.30. The number of nitro groups is 1. The van der Waals surface area contributed by atoms with Crippen LogP contribution in [0.5, 0.6) is 0 Å². The van der Waals surface area contributed by atoms with Gasteiger partial charge in [0.15, 0.2) is 0 Å². The van der Waals surface area contributed by atoms with Gasteiger partial charge in [0.05, 0.1) is 4.92 Å². The van der Waals surface area contributed by atoms with Crippen molar-refractivity contribution in [2.45, 2.75) is 0 Å². The molecule has 1 heterocycles. The number of carbonyl (C=O) groups is 1. The van der Waals surface area contributed by atoms with Crippen LogP contribution in [0.1, 0.15) is 10.4 Å². The number of H-pyrrole nitrogens is 1. The molecular weight excluding hydrogens is 270 g/mol. The molecule has 2 aromatic carbocycles. The molecule has 1 aromatic heterocycles. The van der Waals surface area contributed by atoms with E-state index in [-0.39, 0.29) is 5.69 Å². The Morgan fingerprint density at radius 1 is 1.10 bits per heavy atom. The Bertz CT molecular complexity index is 850. The summed E-state index contributed by atoms with van der Waals surface area (Å²) in [6, 6.07) is 13.3. The van der Waals surface area contributed by atoms with E-state index in [1.807, 2.05) is 6.07 Å². The number of aromatic nitrogens is 1. The fourth-order valence-electron chi connectivity index (χ4n) is 2.20. The molecule has 0 aliphatic carbocycles. The Balaban J connectivity index is 2.04. The largest absolute Gasteiger partial charge is 0.366 e. The van der Waals surface area contributed by atoms with Gasteiger partial charge >= 0.3 is 0 Å². The topological polar surface area (TPSA) is 102 Å². The minimum Gasteiger partial charge on any atom is -0.366 e. The maximum Gasteiger partial charge on any atom is 0.269 e. The molecule has 6 nitrogen and oxygen atoms in total. The van der Waals surface area contributed by atoms with Crippen molar-refractivity contribution in [3.05, 3.63) is 64.2 Å². The van der Waals surface area contributed by atoms with Crippen molar-refractivity contribution in [2.75, 3.05) is 0 Å². The van der Waals surface area contributed by atoms with E-state index in [0.717, 1.165) is 22.2 Å². The first-order valence-corrected chi connectivity index (χ1v) is 6.22. The standard InChI is InChI=1S/C15H11N3O3/c16-15(19)11-2-1-10-7-13(17-14(10)8-11)9-3-5-12(6-4-9)18(20)21/h1-8,17H,(H2,16,19). The molecule has 0 saturated heterocycles. The van der Waals surface area contributed by atoms with E-state index in [9.17, 15) is 14.9 Å². The van der Waals surface area contributed by atoms with E-state index in [1.54, 1.807) is 30.3 Å². The summed E-state index contributed by atoms with van der Waals surface area (Å²) in [5, 5.41) is 11.6. The fourth-order valence-corrected chi connectivity index (χ4v) is 2.20. The molecule has 0 fully saturated rings. The summed E-state index contributed by atoms with van der Waals surface area (Å²) < 4.78 is 0. The Morgan fingerprint density at radius 3 is 2.43 bits per heavy atom. The third kappa shape index (κ3) is 2.34. The van der Waals surface area contributed by atoms with Gasteiger partial charge < -0.3 is 10.7 Å². The monoisotopic (exact) mass is 281 g/mol. The minimum absolute atomic E-state index is 0.0471. The molecule has 0 unspecified atom stereocenters. The maximum atomic E-state index is 11.2. The number of benzene rings is 2. The van der Waals surface area contributed by atoms with Crippen molar-refractivity contribution in [1.29, 1.82) is 0 Å². The van der Waals surface area contributed by atoms with E-state index in [0.29, 0.717) is 5.56 Å². The third-order valence-electron chi connectivity index (χ3n) is 3.30. The molecule has 6 heteroatoms. The van der Waals surface area contributed by atoms with Crippen molar-refractivity contribution in [1.82, 2.24) is 4.98 Å². The molecule has 0 radical (unpaired) electrons. The van der Waals surface area contributed by atoms with Crippen LogP contribution in [0.3, 0.4) is 0 Å². The van der Waals surface area contributed by atoms with E-state index in [1.165, 1.54) is 12.1 Å². The molecule has 1 amide bonds. The van der Waals surface area contributed by atoms with Crippen molar-refractivity contribution in [3.8, 4) is 11.3 Å². The van der Waals surface area contributed by atoms with Crippen LogP contribution >= 0.6 is 0 Å². The zero-order chi connectivity index (χ0) is 15.0. The zero-order valence-corrected chi connectivity index (χ0v) is 10.9. The van der Waals surface area contributed by atoms with Crippen LogP contribution in [0.25, 0.3) is 22.2 Å². The normalized spacial score (nSPS) is 10.7. The highest BCUT2D eigenvalue weighted by molar-refractivity contribution is 5.97. The van der Waals surface area contributed by atoms with Crippen LogP contribution in [0.15, 0.2) is 48.5 Å². The summed E-state index contributed by atoms with van der Waals surface area (Å²) in [6.07, 6.45) is 0. The average molecular weight is 281 g/mol. The number of carbonyl (C=O) groups excluding carboxylic acids is 1. The average Bonchev–Trinajstić information content (AvgIpc) is 2.90. The lowest BCUT2D eigenvalue weighted by Crippen LogP contribution is -2.10. The fraction of sp³-hybridized carbons (Fsp3) is 0. The molecule has 0 atom stereocenters. The lowest BCUT2D eigenvalue weighted by atomic mass is 10.1. The van der Waals surface area contributed by atoms with E-state index >= 15 is 0 Å². The molecule has 3 rings (SSSR count). The van der Waals surface area contributed by atoms with E-state index in [4.69, 9.17) is 5.73 Å². The summed E-state index contributed by atoms with van der Waals surface area (Å²) in [6.45, 7) is 0. The van der Waals surface area contributed by atoms with E-state index < -0.39 is 10.8 Å². The van der Waals surface area contributed by atoms with Crippen LogP contribution in [0.2, 0.25) is 0 Å². The smallest absolute Gasteiger partial charge is 0.269 e. The number of fused-ring (bicyclic) bond motifs is 1. The Kier molecular flexibility index (Phi) is 2.91. The van der Waals surface area contributed by atoms with Gasteiger partial charge in [-0.2, -0.15) is 0 Å². The SMILES string of the molecule is NC(=O)c1ccc2cc(-c3ccc([N+](=O)[O-])cc3)[nH]c2c1. The van der Waals surface area contributed by atoms with Gasteiger partial charge in [0.2, 0.25) is 5.91 Å². The van der Waals surface area contributed by atoms with Crippen LogP contribution in [0.4, 0.5) is 5.69 Å². The van der Waals surface area contributed by atoms with Gasteiger partial charge in [-0.1, -0.05) is 6.07 Å². The number of nitrogens with one attached hydrogen (secondary N) is 1. The molecule has 0 bridgehead atoms. The molecular formula is C15H11N3O3. The van der Waals surface area contributed by atoms with Gasteiger partial charge in [0.1, 0.15) is 0 Å². The highest BCUT2D eigenvalue weighted by atomic mass is 16.6. The van der Waals surface area contributed by atoms with Crippen molar-refractivity contribution in [3.63, 3.8) is 0 Å². The summed E-state index contributed by atoms with van der Waals surface area (Å²) in [4.78, 5) is 24.6. The number of amides is 1. The minimum atomic E-state index is -0.483. The van der Waals surface area contributed by atoms with Crippen LogP contribution < -0.4 is 5.73 Å². The van der Waals surface area contributed by atoms with Gasteiger partial charge in [-0.25, -0.2) is 0 Å². The predicted octanol–water partition coefficient (Wildman–Crippen LogP) is 2.84. The van der Waals surface area contributed by atoms with Gasteiger partial charge in [-0.3, -0.25) is 14.9 Å². The molecule has 0 aliphatic heterocycles. The highest BCUT2D eigenvalue weighted by Crippen LogP contribution is 2.26. The Labute approximate surface area is 119 Å². The predicted molar refractivity (Wildman–Crippen MR) is 78.9 cm³/mol. The molecule has 0 saturated carbocycles. The molecule has 3 aromatic rings. The molecule has 3 N–H and O–H groups in total. The summed E-state index contributed by atoms with van der Waals surface area (Å²) in [7, 11) is 0. The van der Waals surface area contributed by atoms with Crippen LogP contribution in [-0.4, -0.2) is 15.8 Å². The number of nitrogens with two attached hydrogens (primary N) is 1. The number of non-ortho nitro benzene ring substituents is 1. The van der Waals surface area contributed by atoms with Gasteiger partial charge in [-0.05, 0) is 35.9 Å². The first kappa shape index (κ1) is 12.9. The second kappa shape index (κ2) is 4.75. The van der Waals surface area contributed by atoms with Gasteiger partial charge in [0, 0.05) is 34.3 Å². The quantitative estimate of drug-likeness (QED) is 0.570. The number of nitro benzene ring substituents is 1. The Morgan fingerprint density at radius 2 is 1.81 bits per heavy atom. The lowest BCUT2D eigenvalue weighted by molar-refractivity contribution is -0.384. The molecule has 104 valence electrons. The first-order valence-electron chi connectivity index (χ1n) is 6.22. The van der Waals surface area contributed by atoms with Crippen molar-refractivity contribution >= 4 is 22.5 Å². The van der Waals surface area contributed by atoms with Gasteiger partial charge in [0.25, 0.3) is 5.69 Å². The van der Waals surface area contributed by atoms with Crippen LogP contribution in [-0.2, 0) is 0 Å². The Hall–Kier alpha value is -3.15. The lowest BCUT2D eigenvalue weighted by Gasteiger charge is -1.97. The first-order chi connectivity index (χ1) is 10.0. The van der Waals surface area contributed by atoms with E-state index in [2.05, 4.69) is 4.98 Å². The van der Waals surface area contributed by atoms with Crippen LogP contribution in [0, 0.1) is 10.1 Å². The molecule has 21 heavy (non-hydrogen) atoms. The van der Waals surface area contributed by atoms with Crippen molar-refractivity contribution in [2.24, 2.45) is 5.73 Å². The molecule has 0 aliphatic rings.